The van der Waals surface area contributed by atoms with Gasteiger partial charge in [-0.05, 0) is 19.1 Å². The highest BCUT2D eigenvalue weighted by molar-refractivity contribution is 9.09. The van der Waals surface area contributed by atoms with Crippen molar-refractivity contribution in [3.63, 3.8) is 0 Å². The summed E-state index contributed by atoms with van der Waals surface area (Å²) in [7, 11) is 0. The molecule has 1 aromatic carbocycles. The van der Waals surface area contributed by atoms with E-state index in [-0.39, 0.29) is 0 Å². The molecule has 0 atom stereocenters. The van der Waals surface area contributed by atoms with Crippen LogP contribution in [-0.2, 0) is 4.74 Å². The van der Waals surface area contributed by atoms with E-state index in [1.807, 2.05) is 25.1 Å². The Labute approximate surface area is 112 Å². The summed E-state index contributed by atoms with van der Waals surface area (Å²) < 4.78 is 5.30. The molecule has 0 saturated heterocycles. The Morgan fingerprint density at radius 1 is 1.31 bits per heavy atom. The largest absolute Gasteiger partial charge is 0.441 e. The Hall–Kier alpha value is -0.550. The third-order valence-corrected chi connectivity index (χ3v) is 4.30. The fourth-order valence-electron chi connectivity index (χ4n) is 0.979. The number of hydrogen-bond donors (Lipinski definition) is 1. The van der Waals surface area contributed by atoms with E-state index in [9.17, 15) is 4.79 Å². The predicted octanol–water partition coefficient (Wildman–Crippen LogP) is 3.78. The maximum absolute atomic E-state index is 11.6. The summed E-state index contributed by atoms with van der Waals surface area (Å²) in [5.74, 6) is 0. The molecule has 1 aromatic rings. The van der Waals surface area contributed by atoms with Crippen LogP contribution in [0, 0.1) is 0 Å². The van der Waals surface area contributed by atoms with Crippen molar-refractivity contribution >= 4 is 43.6 Å². The fraction of sp³-hybridized carbons (Fsp3) is 0.364. The van der Waals surface area contributed by atoms with Crippen LogP contribution in [0.4, 0.5) is 10.5 Å². The molecule has 0 aliphatic carbocycles. The molecule has 1 N–H and O–H groups in total. The van der Waals surface area contributed by atoms with Gasteiger partial charge in [0.1, 0.15) is 5.60 Å². The summed E-state index contributed by atoms with van der Waals surface area (Å²) >= 11 is 6.62. The molecule has 5 heteroatoms. The second kappa shape index (κ2) is 6.25. The van der Waals surface area contributed by atoms with Crippen LogP contribution >= 0.6 is 31.9 Å². The SMILES string of the molecule is CC(CBr)(CBr)OC(=O)Nc1ccccc1. The van der Waals surface area contributed by atoms with Crippen LogP contribution < -0.4 is 5.32 Å². The minimum atomic E-state index is -0.543. The van der Waals surface area contributed by atoms with E-state index in [1.165, 1.54) is 0 Å². The lowest BCUT2D eigenvalue weighted by atomic mass is 10.2. The minimum absolute atomic E-state index is 0.451. The highest BCUT2D eigenvalue weighted by Crippen LogP contribution is 2.18. The van der Waals surface area contributed by atoms with Crippen molar-refractivity contribution in [3.05, 3.63) is 30.3 Å². The molecule has 0 heterocycles. The van der Waals surface area contributed by atoms with Crippen LogP contribution in [0.25, 0.3) is 0 Å². The lowest BCUT2D eigenvalue weighted by Crippen LogP contribution is -2.37. The topological polar surface area (TPSA) is 38.3 Å². The molecular formula is C11H13Br2NO2. The summed E-state index contributed by atoms with van der Waals surface area (Å²) in [6, 6.07) is 9.20. The molecule has 88 valence electrons. The van der Waals surface area contributed by atoms with Gasteiger partial charge < -0.3 is 4.74 Å². The van der Waals surface area contributed by atoms with Gasteiger partial charge in [0, 0.05) is 16.3 Å². The molecular weight excluding hydrogens is 338 g/mol. The zero-order chi connectivity index (χ0) is 12.0. The molecule has 0 aromatic heterocycles. The third-order valence-electron chi connectivity index (χ3n) is 1.92. The summed E-state index contributed by atoms with van der Waals surface area (Å²) in [6.45, 7) is 1.85. The second-order valence-corrected chi connectivity index (χ2v) is 4.72. The maximum Gasteiger partial charge on any atom is 0.412 e. The van der Waals surface area contributed by atoms with Crippen molar-refractivity contribution in [1.29, 1.82) is 0 Å². The number of nitrogens with one attached hydrogen (secondary N) is 1. The lowest BCUT2D eigenvalue weighted by Gasteiger charge is -2.25. The summed E-state index contributed by atoms with van der Waals surface area (Å²) in [5.41, 5.74) is 0.178. The van der Waals surface area contributed by atoms with E-state index < -0.39 is 11.7 Å². The highest BCUT2D eigenvalue weighted by Gasteiger charge is 2.26. The second-order valence-electron chi connectivity index (χ2n) is 3.60. The van der Waals surface area contributed by atoms with E-state index in [0.29, 0.717) is 10.7 Å². The molecule has 0 unspecified atom stereocenters. The highest BCUT2D eigenvalue weighted by atomic mass is 79.9. The number of amides is 1. The number of ether oxygens (including phenoxy) is 1. The van der Waals surface area contributed by atoms with Crippen molar-refractivity contribution in [2.75, 3.05) is 16.0 Å². The smallest absolute Gasteiger partial charge is 0.412 e. The van der Waals surface area contributed by atoms with E-state index in [2.05, 4.69) is 37.2 Å². The van der Waals surface area contributed by atoms with Gasteiger partial charge in [0.15, 0.2) is 0 Å². The number of halogens is 2. The van der Waals surface area contributed by atoms with Crippen LogP contribution in [0.5, 0.6) is 0 Å². The van der Waals surface area contributed by atoms with Crippen LogP contribution in [-0.4, -0.2) is 22.4 Å². The number of rotatable bonds is 4. The molecule has 0 radical (unpaired) electrons. The van der Waals surface area contributed by atoms with Crippen LogP contribution in [0.15, 0.2) is 30.3 Å². The number of benzene rings is 1. The lowest BCUT2D eigenvalue weighted by molar-refractivity contribution is 0.0722. The quantitative estimate of drug-likeness (QED) is 0.839. The normalized spacial score (nSPS) is 10.9. The molecule has 0 saturated carbocycles. The average Bonchev–Trinajstić information content (AvgIpc) is 2.30. The molecule has 16 heavy (non-hydrogen) atoms. The summed E-state index contributed by atoms with van der Waals surface area (Å²) in [6.07, 6.45) is -0.451. The van der Waals surface area contributed by atoms with Crippen molar-refractivity contribution < 1.29 is 9.53 Å². The van der Waals surface area contributed by atoms with Gasteiger partial charge in [-0.3, -0.25) is 5.32 Å². The van der Waals surface area contributed by atoms with Crippen LogP contribution in [0.1, 0.15) is 6.92 Å². The number of carbonyl (C=O) groups excluding carboxylic acids is 1. The monoisotopic (exact) mass is 349 g/mol. The first-order chi connectivity index (χ1) is 7.59. The Morgan fingerprint density at radius 3 is 2.38 bits per heavy atom. The molecule has 0 fully saturated rings. The molecule has 3 nitrogen and oxygen atoms in total. The Balaban J connectivity index is 2.54. The molecule has 0 bridgehead atoms. The molecule has 0 aliphatic heterocycles. The fourth-order valence-corrected chi connectivity index (χ4v) is 2.14. The van der Waals surface area contributed by atoms with E-state index in [0.717, 1.165) is 5.69 Å². The zero-order valence-corrected chi connectivity index (χ0v) is 12.0. The van der Waals surface area contributed by atoms with Gasteiger partial charge in [-0.15, -0.1) is 0 Å². The van der Waals surface area contributed by atoms with Gasteiger partial charge in [0.25, 0.3) is 0 Å². The van der Waals surface area contributed by atoms with E-state index in [4.69, 9.17) is 4.74 Å². The molecule has 1 rings (SSSR count). The first-order valence-corrected chi connectivity index (χ1v) is 7.01. The van der Waals surface area contributed by atoms with Gasteiger partial charge in [0.2, 0.25) is 0 Å². The van der Waals surface area contributed by atoms with Crippen molar-refractivity contribution in [1.82, 2.24) is 0 Å². The number of anilines is 1. The minimum Gasteiger partial charge on any atom is -0.441 e. The van der Waals surface area contributed by atoms with Crippen LogP contribution in [0.2, 0.25) is 0 Å². The van der Waals surface area contributed by atoms with Crippen molar-refractivity contribution in [2.45, 2.75) is 12.5 Å². The standard InChI is InChI=1S/C11H13Br2NO2/c1-11(7-12,8-13)16-10(15)14-9-5-3-2-4-6-9/h2-6H,7-8H2,1H3,(H,14,15). The predicted molar refractivity (Wildman–Crippen MR) is 72.5 cm³/mol. The van der Waals surface area contributed by atoms with Gasteiger partial charge in [-0.25, -0.2) is 4.79 Å². The van der Waals surface area contributed by atoms with Gasteiger partial charge in [-0.1, -0.05) is 50.1 Å². The molecule has 0 aliphatic rings. The zero-order valence-electron chi connectivity index (χ0n) is 8.87. The van der Waals surface area contributed by atoms with E-state index >= 15 is 0 Å². The van der Waals surface area contributed by atoms with Crippen molar-refractivity contribution in [2.24, 2.45) is 0 Å². The van der Waals surface area contributed by atoms with Gasteiger partial charge in [0.05, 0.1) is 0 Å². The summed E-state index contributed by atoms with van der Waals surface area (Å²) in [5, 5.41) is 3.82. The number of carbonyl (C=O) groups is 1. The summed E-state index contributed by atoms with van der Waals surface area (Å²) in [4.78, 5) is 11.6. The molecule has 0 spiro atoms. The first-order valence-electron chi connectivity index (χ1n) is 4.76. The van der Waals surface area contributed by atoms with Gasteiger partial charge >= 0.3 is 6.09 Å². The first kappa shape index (κ1) is 13.5. The van der Waals surface area contributed by atoms with Gasteiger partial charge in [-0.2, -0.15) is 0 Å². The Kier molecular flexibility index (Phi) is 5.28. The number of para-hydroxylation sites is 1. The van der Waals surface area contributed by atoms with Crippen LogP contribution in [0.3, 0.4) is 0 Å². The Bertz CT molecular complexity index is 339. The van der Waals surface area contributed by atoms with Crippen molar-refractivity contribution in [3.8, 4) is 0 Å². The Morgan fingerprint density at radius 2 is 1.88 bits per heavy atom. The van der Waals surface area contributed by atoms with E-state index in [1.54, 1.807) is 12.1 Å². The number of alkyl halides is 2. The molecule has 1 amide bonds. The maximum atomic E-state index is 11.6. The third kappa shape index (κ3) is 4.14. The number of hydrogen-bond acceptors (Lipinski definition) is 2. The average molecular weight is 351 g/mol.